The number of hydrogen-bond donors (Lipinski definition) is 4. The number of carbonyl (C=O) groups excluding carboxylic acids is 1. The summed E-state index contributed by atoms with van der Waals surface area (Å²) in [6.45, 7) is 0.581. The minimum absolute atomic E-state index is 0.0780. The number of nitrogens with one attached hydrogen (secondary N) is 2. The smallest absolute Gasteiger partial charge is 0.337 e. The molecule has 1 atom stereocenters. The van der Waals surface area contributed by atoms with Crippen molar-refractivity contribution in [3.05, 3.63) is 28.4 Å². The Morgan fingerprint density at radius 3 is 2.71 bits per heavy atom. The number of aromatic nitrogens is 2. The number of aromatic amines is 1. The van der Waals surface area contributed by atoms with Gasteiger partial charge in [-0.3, -0.25) is 9.59 Å². The molecule has 0 bridgehead atoms. The van der Waals surface area contributed by atoms with Gasteiger partial charge in [-0.25, -0.2) is 9.78 Å². The molecule has 1 rings (SSSR count). The van der Waals surface area contributed by atoms with E-state index < -0.39 is 29.6 Å². The van der Waals surface area contributed by atoms with E-state index >= 15 is 0 Å². The summed E-state index contributed by atoms with van der Waals surface area (Å²) >= 11 is 0. The van der Waals surface area contributed by atoms with Gasteiger partial charge in [0, 0.05) is 6.20 Å². The zero-order chi connectivity index (χ0) is 13.1. The van der Waals surface area contributed by atoms with Gasteiger partial charge < -0.3 is 20.5 Å². The van der Waals surface area contributed by atoms with Crippen LogP contribution in [0.2, 0.25) is 0 Å². The van der Waals surface area contributed by atoms with Crippen molar-refractivity contribution in [2.24, 2.45) is 0 Å². The number of aliphatic hydroxyl groups is 1. The summed E-state index contributed by atoms with van der Waals surface area (Å²) in [7, 11) is 0. The molecule has 4 N–H and O–H groups in total. The zero-order valence-corrected chi connectivity index (χ0v) is 8.93. The molecule has 1 aromatic heterocycles. The molecule has 1 amide bonds. The molecule has 0 fully saturated rings. The predicted molar refractivity (Wildman–Crippen MR) is 55.5 cm³/mol. The lowest BCUT2D eigenvalue weighted by atomic mass is 10.1. The van der Waals surface area contributed by atoms with Crippen molar-refractivity contribution in [3.8, 4) is 0 Å². The lowest BCUT2D eigenvalue weighted by Gasteiger charge is -2.17. The van der Waals surface area contributed by atoms with Crippen LogP contribution < -0.4 is 10.9 Å². The maximum absolute atomic E-state index is 11.4. The van der Waals surface area contributed by atoms with Crippen molar-refractivity contribution in [2.45, 2.75) is 12.5 Å². The van der Waals surface area contributed by atoms with Gasteiger partial charge in [-0.05, 0) is 6.92 Å². The van der Waals surface area contributed by atoms with E-state index in [1.807, 2.05) is 0 Å². The molecule has 17 heavy (non-hydrogen) atoms. The van der Waals surface area contributed by atoms with Gasteiger partial charge in [0.15, 0.2) is 5.60 Å². The minimum Gasteiger partial charge on any atom is -0.479 e. The number of carboxylic acid groups (broad SMARTS) is 1. The molecule has 1 unspecified atom stereocenters. The first-order valence-corrected chi connectivity index (χ1v) is 4.61. The number of H-pyrrole nitrogens is 1. The third-order valence-electron chi connectivity index (χ3n) is 1.96. The standard InChI is InChI=1S/C9H11N3O5/c1-9(17,8(15)16)4-12-7(14)5-2-11-6(13)3-10-5/h2-3,17H,4H2,1H3,(H,11,13)(H,12,14)(H,15,16). The van der Waals surface area contributed by atoms with E-state index in [4.69, 9.17) is 5.11 Å². The molecular formula is C9H11N3O5. The van der Waals surface area contributed by atoms with E-state index in [0.717, 1.165) is 19.3 Å². The van der Waals surface area contributed by atoms with Crippen LogP contribution >= 0.6 is 0 Å². The average Bonchev–Trinajstić information content (AvgIpc) is 2.27. The van der Waals surface area contributed by atoms with Crippen LogP contribution in [0.5, 0.6) is 0 Å². The Morgan fingerprint density at radius 2 is 2.24 bits per heavy atom. The number of rotatable bonds is 4. The summed E-state index contributed by atoms with van der Waals surface area (Å²) < 4.78 is 0. The zero-order valence-electron chi connectivity index (χ0n) is 8.93. The maximum atomic E-state index is 11.4. The quantitative estimate of drug-likeness (QED) is 0.498. The van der Waals surface area contributed by atoms with Gasteiger partial charge in [0.05, 0.1) is 12.7 Å². The van der Waals surface area contributed by atoms with E-state index in [1.54, 1.807) is 0 Å². The summed E-state index contributed by atoms with van der Waals surface area (Å²) in [5, 5.41) is 20.1. The average molecular weight is 241 g/mol. The summed E-state index contributed by atoms with van der Waals surface area (Å²) in [4.78, 5) is 38.4. The summed E-state index contributed by atoms with van der Waals surface area (Å²) in [6, 6.07) is 0. The SMILES string of the molecule is CC(O)(CNC(=O)c1c[nH]c(=O)cn1)C(=O)O. The second-order valence-electron chi connectivity index (χ2n) is 3.56. The fraction of sp³-hybridized carbons (Fsp3) is 0.333. The largest absolute Gasteiger partial charge is 0.479 e. The van der Waals surface area contributed by atoms with Gasteiger partial charge in [-0.1, -0.05) is 0 Å². The fourth-order valence-electron chi connectivity index (χ4n) is 0.885. The van der Waals surface area contributed by atoms with Crippen LogP contribution in [0.4, 0.5) is 0 Å². The van der Waals surface area contributed by atoms with Crippen molar-refractivity contribution in [1.82, 2.24) is 15.3 Å². The number of aliphatic carboxylic acids is 1. The molecule has 8 heteroatoms. The van der Waals surface area contributed by atoms with Crippen LogP contribution in [0.15, 0.2) is 17.2 Å². The highest BCUT2D eigenvalue weighted by atomic mass is 16.4. The highest BCUT2D eigenvalue weighted by Crippen LogP contribution is 2.01. The van der Waals surface area contributed by atoms with Crippen LogP contribution in [-0.2, 0) is 4.79 Å². The molecule has 0 saturated carbocycles. The molecule has 8 nitrogen and oxygen atoms in total. The number of carbonyl (C=O) groups is 2. The van der Waals surface area contributed by atoms with Crippen LogP contribution in [0, 0.1) is 0 Å². The van der Waals surface area contributed by atoms with E-state index in [9.17, 15) is 19.5 Å². The number of carboxylic acids is 1. The predicted octanol–water partition coefficient (Wildman–Crippen LogP) is -1.66. The normalized spacial score (nSPS) is 13.8. The van der Waals surface area contributed by atoms with Crippen LogP contribution in [0.25, 0.3) is 0 Å². The van der Waals surface area contributed by atoms with Gasteiger partial charge in [-0.15, -0.1) is 0 Å². The van der Waals surface area contributed by atoms with Gasteiger partial charge in [0.25, 0.3) is 11.5 Å². The summed E-state index contributed by atoms with van der Waals surface area (Å²) in [6.07, 6.45) is 2.01. The Kier molecular flexibility index (Phi) is 3.59. The first-order chi connectivity index (χ1) is 7.83. The maximum Gasteiger partial charge on any atom is 0.337 e. The highest BCUT2D eigenvalue weighted by Gasteiger charge is 2.30. The lowest BCUT2D eigenvalue weighted by molar-refractivity contribution is -0.155. The molecule has 0 aliphatic rings. The van der Waals surface area contributed by atoms with Crippen LogP contribution in [-0.4, -0.2) is 44.2 Å². The summed E-state index contributed by atoms with van der Waals surface area (Å²) in [5.74, 6) is -2.14. The van der Waals surface area contributed by atoms with Crippen LogP contribution in [0.1, 0.15) is 17.4 Å². The number of hydrogen-bond acceptors (Lipinski definition) is 5. The Bertz CT molecular complexity index is 473. The lowest BCUT2D eigenvalue weighted by Crippen LogP contribution is -2.46. The van der Waals surface area contributed by atoms with Crippen LogP contribution in [0.3, 0.4) is 0 Å². The molecule has 0 saturated heterocycles. The molecular weight excluding hydrogens is 230 g/mol. The molecule has 0 aromatic carbocycles. The Balaban J connectivity index is 2.65. The van der Waals surface area contributed by atoms with Gasteiger partial charge in [0.2, 0.25) is 0 Å². The molecule has 1 heterocycles. The molecule has 1 aromatic rings. The molecule has 92 valence electrons. The number of amides is 1. The third kappa shape index (κ3) is 3.38. The first-order valence-electron chi connectivity index (χ1n) is 4.61. The highest BCUT2D eigenvalue weighted by molar-refractivity contribution is 5.92. The van der Waals surface area contributed by atoms with E-state index in [1.165, 1.54) is 0 Å². The molecule has 0 aliphatic heterocycles. The van der Waals surface area contributed by atoms with E-state index in [0.29, 0.717) is 0 Å². The van der Waals surface area contributed by atoms with Crippen molar-refractivity contribution >= 4 is 11.9 Å². The Labute approximate surface area is 95.3 Å². The Morgan fingerprint density at radius 1 is 1.59 bits per heavy atom. The van der Waals surface area contributed by atoms with Crippen molar-refractivity contribution < 1.29 is 19.8 Å². The number of nitrogens with zero attached hydrogens (tertiary/aromatic N) is 1. The monoisotopic (exact) mass is 241 g/mol. The van der Waals surface area contributed by atoms with E-state index in [-0.39, 0.29) is 5.69 Å². The third-order valence-corrected chi connectivity index (χ3v) is 1.96. The Hall–Kier alpha value is -2.22. The van der Waals surface area contributed by atoms with Crippen molar-refractivity contribution in [1.29, 1.82) is 0 Å². The fourth-order valence-corrected chi connectivity index (χ4v) is 0.885. The molecule has 0 radical (unpaired) electrons. The first kappa shape index (κ1) is 12.8. The topological polar surface area (TPSA) is 132 Å². The molecule has 0 aliphatic carbocycles. The minimum atomic E-state index is -2.06. The second kappa shape index (κ2) is 4.74. The van der Waals surface area contributed by atoms with Crippen molar-refractivity contribution in [3.63, 3.8) is 0 Å². The van der Waals surface area contributed by atoms with Gasteiger partial charge >= 0.3 is 5.97 Å². The summed E-state index contributed by atoms with van der Waals surface area (Å²) in [5.41, 5.74) is -2.59. The van der Waals surface area contributed by atoms with Crippen molar-refractivity contribution in [2.75, 3.05) is 6.54 Å². The molecule has 0 spiro atoms. The van der Waals surface area contributed by atoms with Gasteiger partial charge in [0.1, 0.15) is 5.69 Å². The van der Waals surface area contributed by atoms with E-state index in [2.05, 4.69) is 15.3 Å². The van der Waals surface area contributed by atoms with Gasteiger partial charge in [-0.2, -0.15) is 0 Å². The second-order valence-corrected chi connectivity index (χ2v) is 3.56.